The molecular weight excluding hydrogens is 449 g/mol. The summed E-state index contributed by atoms with van der Waals surface area (Å²) in [7, 11) is 0. The van der Waals surface area contributed by atoms with Crippen molar-refractivity contribution in [3.8, 4) is 23.2 Å². The van der Waals surface area contributed by atoms with Gasteiger partial charge in [-0.1, -0.05) is 11.6 Å². The van der Waals surface area contributed by atoms with E-state index in [1.54, 1.807) is 15.5 Å². The second-order valence-electron chi connectivity index (χ2n) is 7.77. The Morgan fingerprint density at radius 3 is 2.94 bits per heavy atom. The Morgan fingerprint density at radius 1 is 1.33 bits per heavy atom. The number of hydrogen-bond acceptors (Lipinski definition) is 7. The van der Waals surface area contributed by atoms with Crippen molar-refractivity contribution in [3.05, 3.63) is 64.6 Å². The van der Waals surface area contributed by atoms with Crippen molar-refractivity contribution in [3.63, 3.8) is 0 Å². The van der Waals surface area contributed by atoms with Crippen LogP contribution in [0.15, 0.2) is 36.8 Å². The maximum Gasteiger partial charge on any atom is 0.179 e. The Bertz CT molecular complexity index is 1380. The van der Waals surface area contributed by atoms with Crippen LogP contribution in [0.3, 0.4) is 0 Å². The number of rotatable bonds is 5. The molecule has 0 bridgehead atoms. The highest BCUT2D eigenvalue weighted by Crippen LogP contribution is 2.34. The lowest BCUT2D eigenvalue weighted by molar-refractivity contribution is 0.105. The van der Waals surface area contributed by atoms with Crippen molar-refractivity contribution >= 4 is 17.1 Å². The molecule has 0 aliphatic carbocycles. The second-order valence-corrected chi connectivity index (χ2v) is 8.18. The van der Waals surface area contributed by atoms with E-state index >= 15 is 0 Å². The predicted octanol–water partition coefficient (Wildman–Crippen LogP) is 3.10. The first-order valence-electron chi connectivity index (χ1n) is 10.2. The molecular formula is C22H19ClFN7O2. The fourth-order valence-electron chi connectivity index (χ4n) is 3.93. The molecule has 0 aromatic carbocycles. The molecule has 5 heterocycles. The van der Waals surface area contributed by atoms with E-state index in [2.05, 4.69) is 16.3 Å². The van der Waals surface area contributed by atoms with Gasteiger partial charge in [0.1, 0.15) is 29.8 Å². The summed E-state index contributed by atoms with van der Waals surface area (Å²) in [5.74, 6) is -0.0662. The lowest BCUT2D eigenvalue weighted by atomic mass is 10.1. The minimum atomic E-state index is -1.06. The van der Waals surface area contributed by atoms with Crippen LogP contribution in [0.2, 0.25) is 5.02 Å². The van der Waals surface area contributed by atoms with Crippen molar-refractivity contribution in [2.24, 2.45) is 0 Å². The fourth-order valence-corrected chi connectivity index (χ4v) is 4.16. The van der Waals surface area contributed by atoms with Crippen LogP contribution < -0.4 is 4.74 Å². The van der Waals surface area contributed by atoms with Crippen molar-refractivity contribution in [1.29, 1.82) is 5.26 Å². The average molecular weight is 468 g/mol. The summed E-state index contributed by atoms with van der Waals surface area (Å²) in [4.78, 5) is 5.60. The SMILES string of the molecule is Cc1c(-c2cc(OCC(O)c3ccc(F)cn3)c3c(Cl)cnn3c2)nn2c1CN(C#N)CC2. The molecule has 4 aromatic heterocycles. The van der Waals surface area contributed by atoms with E-state index in [0.717, 1.165) is 28.7 Å². The maximum atomic E-state index is 13.1. The van der Waals surface area contributed by atoms with Gasteiger partial charge in [0.2, 0.25) is 0 Å². The number of aliphatic hydroxyl groups excluding tert-OH is 1. The normalized spacial score (nSPS) is 14.2. The molecule has 5 rings (SSSR count). The van der Waals surface area contributed by atoms with E-state index in [4.69, 9.17) is 21.4 Å². The van der Waals surface area contributed by atoms with Crippen molar-refractivity contribution < 1.29 is 14.2 Å². The molecule has 0 saturated carbocycles. The zero-order chi connectivity index (χ0) is 23.1. The molecule has 11 heteroatoms. The first kappa shape index (κ1) is 21.2. The third-order valence-corrected chi connectivity index (χ3v) is 5.95. The first-order valence-corrected chi connectivity index (χ1v) is 10.6. The molecule has 1 atom stereocenters. The summed E-state index contributed by atoms with van der Waals surface area (Å²) in [5.41, 5.74) is 4.31. The second kappa shape index (κ2) is 8.35. The molecule has 9 nitrogen and oxygen atoms in total. The molecule has 1 aliphatic rings. The van der Waals surface area contributed by atoms with Gasteiger partial charge < -0.3 is 14.7 Å². The zero-order valence-corrected chi connectivity index (χ0v) is 18.4. The van der Waals surface area contributed by atoms with Gasteiger partial charge in [0, 0.05) is 23.9 Å². The lowest BCUT2D eigenvalue weighted by Crippen LogP contribution is -2.30. The molecule has 0 radical (unpaired) electrons. The minimum Gasteiger partial charge on any atom is -0.488 e. The van der Waals surface area contributed by atoms with Crippen LogP contribution in [0, 0.1) is 24.2 Å². The van der Waals surface area contributed by atoms with E-state index < -0.39 is 11.9 Å². The van der Waals surface area contributed by atoms with E-state index in [-0.39, 0.29) is 6.61 Å². The molecule has 4 aromatic rings. The first-order chi connectivity index (χ1) is 15.9. The molecule has 0 fully saturated rings. The Labute approximate surface area is 193 Å². The molecule has 33 heavy (non-hydrogen) atoms. The fraction of sp³-hybridized carbons (Fsp3) is 0.273. The van der Waals surface area contributed by atoms with Gasteiger partial charge in [0.05, 0.1) is 47.6 Å². The van der Waals surface area contributed by atoms with Gasteiger partial charge in [-0.3, -0.25) is 9.67 Å². The quantitative estimate of drug-likeness (QED) is 0.450. The molecule has 1 unspecified atom stereocenters. The Kier molecular flexibility index (Phi) is 5.36. The number of fused-ring (bicyclic) bond motifs is 2. The number of aliphatic hydroxyl groups is 1. The van der Waals surface area contributed by atoms with Crippen molar-refractivity contribution in [1.82, 2.24) is 29.3 Å². The van der Waals surface area contributed by atoms with Crippen LogP contribution in [0.25, 0.3) is 16.8 Å². The van der Waals surface area contributed by atoms with Crippen LogP contribution in [-0.4, -0.2) is 47.5 Å². The maximum absolute atomic E-state index is 13.1. The lowest BCUT2D eigenvalue weighted by Gasteiger charge is -2.22. The average Bonchev–Trinajstić information content (AvgIpc) is 3.37. The molecule has 1 N–H and O–H groups in total. The predicted molar refractivity (Wildman–Crippen MR) is 117 cm³/mol. The molecule has 1 aliphatic heterocycles. The van der Waals surface area contributed by atoms with Gasteiger partial charge in [-0.05, 0) is 25.1 Å². The Balaban J connectivity index is 1.49. The topological polar surface area (TPSA) is 104 Å². The highest BCUT2D eigenvalue weighted by atomic mass is 35.5. The van der Waals surface area contributed by atoms with Crippen LogP contribution >= 0.6 is 11.6 Å². The number of pyridine rings is 2. The van der Waals surface area contributed by atoms with Crippen LogP contribution in [0.4, 0.5) is 4.39 Å². The number of ether oxygens (including phenoxy) is 1. The Morgan fingerprint density at radius 2 is 2.18 bits per heavy atom. The third-order valence-electron chi connectivity index (χ3n) is 5.68. The summed E-state index contributed by atoms with van der Waals surface area (Å²) < 4.78 is 22.6. The number of halogens is 2. The van der Waals surface area contributed by atoms with Crippen LogP contribution in [-0.2, 0) is 13.1 Å². The van der Waals surface area contributed by atoms with Gasteiger partial charge in [0.25, 0.3) is 0 Å². The van der Waals surface area contributed by atoms with Crippen molar-refractivity contribution in [2.75, 3.05) is 13.2 Å². The van der Waals surface area contributed by atoms with Crippen molar-refractivity contribution in [2.45, 2.75) is 26.1 Å². The Hall–Kier alpha value is -3.68. The number of hydrogen-bond donors (Lipinski definition) is 1. The molecule has 0 spiro atoms. The number of nitrogens with zero attached hydrogens (tertiary/aromatic N) is 7. The highest BCUT2D eigenvalue weighted by molar-refractivity contribution is 6.34. The monoisotopic (exact) mass is 467 g/mol. The third kappa shape index (κ3) is 3.86. The van der Waals surface area contributed by atoms with Gasteiger partial charge in [-0.25, -0.2) is 8.91 Å². The summed E-state index contributed by atoms with van der Waals surface area (Å²) in [6.07, 6.45) is 5.51. The van der Waals surface area contributed by atoms with E-state index in [1.165, 1.54) is 18.3 Å². The van der Waals surface area contributed by atoms with Crippen LogP contribution in [0.5, 0.6) is 5.75 Å². The standard InChI is InChI=1S/C22H19ClFN7O2/c1-13-18-10-29(12-25)4-5-30(18)28-21(13)14-6-20(22-16(23)8-27-31(22)9-14)33-11-19(32)17-3-2-15(24)7-26-17/h2-3,6-9,19,32H,4-5,10-11H2,1H3. The summed E-state index contributed by atoms with van der Waals surface area (Å²) >= 11 is 6.34. The number of nitriles is 1. The highest BCUT2D eigenvalue weighted by Gasteiger charge is 2.23. The van der Waals surface area contributed by atoms with Gasteiger partial charge in [-0.15, -0.1) is 0 Å². The zero-order valence-electron chi connectivity index (χ0n) is 17.6. The number of aromatic nitrogens is 5. The van der Waals surface area contributed by atoms with E-state index in [9.17, 15) is 14.8 Å². The molecule has 0 saturated heterocycles. The smallest absolute Gasteiger partial charge is 0.179 e. The van der Waals surface area contributed by atoms with Gasteiger partial charge >= 0.3 is 0 Å². The summed E-state index contributed by atoms with van der Waals surface area (Å²) in [6, 6.07) is 4.44. The van der Waals surface area contributed by atoms with Gasteiger partial charge in [0.15, 0.2) is 6.19 Å². The minimum absolute atomic E-state index is 0.116. The largest absolute Gasteiger partial charge is 0.488 e. The van der Waals surface area contributed by atoms with Gasteiger partial charge in [-0.2, -0.15) is 15.5 Å². The molecule has 0 amide bonds. The molecule has 168 valence electrons. The summed E-state index contributed by atoms with van der Waals surface area (Å²) in [5, 5.41) is 29.1. The van der Waals surface area contributed by atoms with E-state index in [1.807, 2.05) is 17.8 Å². The summed E-state index contributed by atoms with van der Waals surface area (Å²) in [6.45, 7) is 3.60. The van der Waals surface area contributed by atoms with Crippen LogP contribution in [0.1, 0.15) is 23.1 Å². The van der Waals surface area contributed by atoms with E-state index in [0.29, 0.717) is 41.6 Å².